The van der Waals surface area contributed by atoms with Gasteiger partial charge in [0.15, 0.2) is 5.96 Å². The van der Waals surface area contributed by atoms with Gasteiger partial charge in [0.1, 0.15) is 0 Å². The number of benzene rings is 1. The summed E-state index contributed by atoms with van der Waals surface area (Å²) < 4.78 is 26.5. The molecule has 124 valence electrons. The van der Waals surface area contributed by atoms with Gasteiger partial charge in [0, 0.05) is 13.1 Å². The largest absolute Gasteiger partial charge is 0.370 e. The fourth-order valence-corrected chi connectivity index (χ4v) is 2.48. The monoisotopic (exact) mass is 438 g/mol. The van der Waals surface area contributed by atoms with Gasteiger partial charge in [0.05, 0.1) is 11.4 Å². The second kappa shape index (κ2) is 9.80. The number of rotatable bonds is 7. The van der Waals surface area contributed by atoms with Crippen molar-refractivity contribution in [1.29, 1.82) is 0 Å². The van der Waals surface area contributed by atoms with Crippen molar-refractivity contribution >= 4 is 40.0 Å². The summed E-state index contributed by atoms with van der Waals surface area (Å²) in [4.78, 5) is 4.28. The maximum Gasteiger partial charge on any atom is 0.240 e. The molecule has 0 fully saturated rings. The molecule has 1 aromatic carbocycles. The van der Waals surface area contributed by atoms with E-state index in [-0.39, 0.29) is 41.4 Å². The molecule has 0 atom stereocenters. The summed E-state index contributed by atoms with van der Waals surface area (Å²) in [5.74, 6) is 0.271. The van der Waals surface area contributed by atoms with Crippen LogP contribution in [0.5, 0.6) is 0 Å². The molecule has 0 bridgehead atoms. The van der Waals surface area contributed by atoms with Crippen LogP contribution < -0.4 is 15.8 Å². The zero-order chi connectivity index (χ0) is 15.9. The topological polar surface area (TPSA) is 96.6 Å². The number of aliphatic imine (C=N–C) groups is 1. The van der Waals surface area contributed by atoms with E-state index in [9.17, 15) is 8.42 Å². The second-order valence-electron chi connectivity index (χ2n) is 4.80. The fraction of sp³-hybridized carbons (Fsp3) is 0.357. The Kier molecular flexibility index (Phi) is 9.30. The third-order valence-corrected chi connectivity index (χ3v) is 4.05. The van der Waals surface area contributed by atoms with Gasteiger partial charge in [-0.05, 0) is 26.0 Å². The highest BCUT2D eigenvalue weighted by Crippen LogP contribution is 2.09. The van der Waals surface area contributed by atoms with E-state index >= 15 is 0 Å². The molecule has 4 N–H and O–H groups in total. The lowest BCUT2D eigenvalue weighted by Gasteiger charge is -2.08. The van der Waals surface area contributed by atoms with Crippen molar-refractivity contribution in [2.45, 2.75) is 18.7 Å². The van der Waals surface area contributed by atoms with Crippen LogP contribution in [-0.2, 0) is 10.0 Å². The van der Waals surface area contributed by atoms with Gasteiger partial charge in [-0.3, -0.25) is 0 Å². The first-order valence-corrected chi connectivity index (χ1v) is 8.04. The molecule has 0 radical (unpaired) electrons. The minimum atomic E-state index is -3.49. The zero-order valence-electron chi connectivity index (χ0n) is 12.8. The molecule has 0 spiro atoms. The first kappa shape index (κ1) is 20.9. The van der Waals surface area contributed by atoms with E-state index in [1.165, 1.54) is 0 Å². The normalized spacial score (nSPS) is 11.6. The molecule has 0 amide bonds. The summed E-state index contributed by atoms with van der Waals surface area (Å²) in [6.07, 6.45) is 0. The van der Waals surface area contributed by atoms with E-state index < -0.39 is 10.0 Å². The number of aryl methyl sites for hydroxylation is 1. The summed E-state index contributed by atoms with van der Waals surface area (Å²) >= 11 is 0. The lowest BCUT2D eigenvalue weighted by Crippen LogP contribution is -2.38. The number of hydrogen-bond acceptors (Lipinski definition) is 3. The highest BCUT2D eigenvalue weighted by molar-refractivity contribution is 14.0. The van der Waals surface area contributed by atoms with Gasteiger partial charge in [-0.25, -0.2) is 18.1 Å². The summed E-state index contributed by atoms with van der Waals surface area (Å²) in [5, 5.41) is 2.83. The third kappa shape index (κ3) is 7.76. The fourth-order valence-electron chi connectivity index (χ4n) is 1.45. The van der Waals surface area contributed by atoms with Crippen molar-refractivity contribution in [3.63, 3.8) is 0 Å². The van der Waals surface area contributed by atoms with Gasteiger partial charge in [-0.1, -0.05) is 29.8 Å². The smallest absolute Gasteiger partial charge is 0.240 e. The van der Waals surface area contributed by atoms with Gasteiger partial charge >= 0.3 is 0 Å². The van der Waals surface area contributed by atoms with Gasteiger partial charge in [-0.2, -0.15) is 0 Å². The van der Waals surface area contributed by atoms with Crippen molar-refractivity contribution in [3.05, 3.63) is 42.0 Å². The Bertz CT molecular complexity index is 612. The van der Waals surface area contributed by atoms with Crippen LogP contribution in [0.3, 0.4) is 0 Å². The SMILES string of the molecule is C=C(C)CN=C(N)NCCNS(=O)(=O)c1ccc(C)cc1.I. The molecule has 1 rings (SSSR count). The Hall–Kier alpha value is -1.13. The van der Waals surface area contributed by atoms with Crippen LogP contribution in [0.15, 0.2) is 46.3 Å². The number of guanidine groups is 1. The van der Waals surface area contributed by atoms with E-state index in [0.717, 1.165) is 11.1 Å². The van der Waals surface area contributed by atoms with E-state index in [1.54, 1.807) is 24.3 Å². The molecule has 0 saturated heterocycles. The predicted molar refractivity (Wildman–Crippen MR) is 101 cm³/mol. The predicted octanol–water partition coefficient (Wildman–Crippen LogP) is 1.37. The molecule has 0 aliphatic carbocycles. The number of nitrogens with two attached hydrogens (primary N) is 1. The van der Waals surface area contributed by atoms with E-state index in [4.69, 9.17) is 5.73 Å². The van der Waals surface area contributed by atoms with Crippen LogP contribution in [-0.4, -0.2) is 34.0 Å². The zero-order valence-corrected chi connectivity index (χ0v) is 15.9. The third-order valence-electron chi connectivity index (χ3n) is 2.57. The average Bonchev–Trinajstić information content (AvgIpc) is 2.42. The van der Waals surface area contributed by atoms with Crippen LogP contribution in [0.1, 0.15) is 12.5 Å². The van der Waals surface area contributed by atoms with Crippen molar-refractivity contribution < 1.29 is 8.42 Å². The molecule has 0 heterocycles. The average molecular weight is 438 g/mol. The second-order valence-corrected chi connectivity index (χ2v) is 6.56. The number of hydrogen-bond donors (Lipinski definition) is 3. The van der Waals surface area contributed by atoms with Crippen LogP contribution in [0.4, 0.5) is 0 Å². The van der Waals surface area contributed by atoms with E-state index in [0.29, 0.717) is 13.1 Å². The molecule has 0 aliphatic heterocycles. The van der Waals surface area contributed by atoms with Crippen LogP contribution in [0, 0.1) is 6.92 Å². The number of nitrogens with one attached hydrogen (secondary N) is 2. The summed E-state index contributed by atoms with van der Waals surface area (Å²) in [6, 6.07) is 6.67. The molecular weight excluding hydrogens is 415 g/mol. The Labute approximate surface area is 149 Å². The molecule has 1 aromatic rings. The summed E-state index contributed by atoms with van der Waals surface area (Å²) in [6.45, 7) is 8.50. The van der Waals surface area contributed by atoms with E-state index in [1.807, 2.05) is 13.8 Å². The van der Waals surface area contributed by atoms with Gasteiger partial charge in [0.2, 0.25) is 10.0 Å². The lowest BCUT2D eigenvalue weighted by molar-refractivity contribution is 0.581. The Morgan fingerprint density at radius 2 is 1.86 bits per heavy atom. The van der Waals surface area contributed by atoms with Gasteiger partial charge in [-0.15, -0.1) is 24.0 Å². The summed E-state index contributed by atoms with van der Waals surface area (Å²) in [5.41, 5.74) is 7.53. The van der Waals surface area contributed by atoms with Crippen molar-refractivity contribution in [3.8, 4) is 0 Å². The van der Waals surface area contributed by atoms with Crippen molar-refractivity contribution in [2.24, 2.45) is 10.7 Å². The van der Waals surface area contributed by atoms with Gasteiger partial charge in [0.25, 0.3) is 0 Å². The maximum atomic E-state index is 12.0. The van der Waals surface area contributed by atoms with Crippen LogP contribution in [0.2, 0.25) is 0 Å². The van der Waals surface area contributed by atoms with E-state index in [2.05, 4.69) is 21.6 Å². The Morgan fingerprint density at radius 1 is 1.27 bits per heavy atom. The Balaban J connectivity index is 0.00000441. The molecule has 0 saturated carbocycles. The van der Waals surface area contributed by atoms with Crippen LogP contribution >= 0.6 is 24.0 Å². The number of nitrogens with zero attached hydrogens (tertiary/aromatic N) is 1. The maximum absolute atomic E-state index is 12.0. The molecule has 22 heavy (non-hydrogen) atoms. The minimum absolute atomic E-state index is 0. The summed E-state index contributed by atoms with van der Waals surface area (Å²) in [7, 11) is -3.49. The number of sulfonamides is 1. The van der Waals surface area contributed by atoms with Crippen molar-refractivity contribution in [2.75, 3.05) is 19.6 Å². The molecule has 0 unspecified atom stereocenters. The molecule has 0 aromatic heterocycles. The highest BCUT2D eigenvalue weighted by Gasteiger charge is 2.12. The quantitative estimate of drug-likeness (QED) is 0.197. The molecular formula is C14H23IN4O2S. The molecule has 8 heteroatoms. The highest BCUT2D eigenvalue weighted by atomic mass is 127. The first-order chi connectivity index (χ1) is 9.81. The Morgan fingerprint density at radius 3 is 2.41 bits per heavy atom. The van der Waals surface area contributed by atoms with Crippen molar-refractivity contribution in [1.82, 2.24) is 10.0 Å². The van der Waals surface area contributed by atoms with Crippen LogP contribution in [0.25, 0.3) is 0 Å². The lowest BCUT2D eigenvalue weighted by atomic mass is 10.2. The molecule has 6 nitrogen and oxygen atoms in total. The number of halogens is 1. The minimum Gasteiger partial charge on any atom is -0.370 e. The molecule has 0 aliphatic rings. The standard InChI is InChI=1S/C14H22N4O2S.HI/c1-11(2)10-17-14(15)16-8-9-18-21(19,20)13-6-4-12(3)5-7-13;/h4-7,18H,1,8-10H2,2-3H3,(H3,15,16,17);1H. The van der Waals surface area contributed by atoms with Gasteiger partial charge < -0.3 is 11.1 Å². The first-order valence-electron chi connectivity index (χ1n) is 6.56.